The van der Waals surface area contributed by atoms with Crippen LogP contribution in [0.5, 0.6) is 0 Å². The average Bonchev–Trinajstić information content (AvgIpc) is 2.79. The van der Waals surface area contributed by atoms with E-state index in [1.807, 2.05) is 36.4 Å². The molecule has 1 amide bonds. The number of hydrogen-bond donors (Lipinski definition) is 1. The fourth-order valence-corrected chi connectivity index (χ4v) is 2.93. The molecule has 5 nitrogen and oxygen atoms in total. The van der Waals surface area contributed by atoms with Gasteiger partial charge in [-0.15, -0.1) is 0 Å². The van der Waals surface area contributed by atoms with Gasteiger partial charge in [-0.05, 0) is 42.0 Å². The molecule has 0 aliphatic carbocycles. The Morgan fingerprint density at radius 2 is 1.66 bits per heavy atom. The molecule has 0 spiro atoms. The Morgan fingerprint density at radius 3 is 2.34 bits per heavy atom. The van der Waals surface area contributed by atoms with E-state index < -0.39 is 0 Å². The second-order valence-electron chi connectivity index (χ2n) is 6.73. The minimum Gasteiger partial charge on any atom is -0.445 e. The molecule has 3 rings (SSSR count). The highest BCUT2D eigenvalue weighted by Gasteiger charge is 2.03. The number of carbonyl (C=O) groups is 2. The average molecular weight is 388 g/mol. The summed E-state index contributed by atoms with van der Waals surface area (Å²) in [7, 11) is 0. The highest BCUT2D eigenvalue weighted by atomic mass is 16.5. The second-order valence-corrected chi connectivity index (χ2v) is 6.73. The van der Waals surface area contributed by atoms with Crippen molar-refractivity contribution in [1.82, 2.24) is 10.3 Å². The van der Waals surface area contributed by atoms with Crippen molar-refractivity contribution >= 4 is 12.4 Å². The number of amides is 1. The number of unbranched alkanes of at least 4 members (excludes halogenated alkanes) is 1. The summed E-state index contributed by atoms with van der Waals surface area (Å²) >= 11 is 0. The predicted molar refractivity (Wildman–Crippen MR) is 113 cm³/mol. The number of ether oxygens (including phenoxy) is 1. The maximum absolute atomic E-state index is 11.7. The lowest BCUT2D eigenvalue weighted by Gasteiger charge is -2.07. The zero-order chi connectivity index (χ0) is 20.3. The van der Waals surface area contributed by atoms with E-state index in [4.69, 9.17) is 4.74 Å². The van der Waals surface area contributed by atoms with Gasteiger partial charge in [-0.3, -0.25) is 9.78 Å². The van der Waals surface area contributed by atoms with Gasteiger partial charge in [-0.25, -0.2) is 4.79 Å². The summed E-state index contributed by atoms with van der Waals surface area (Å²) in [6.45, 7) is 0.882. The minimum absolute atomic E-state index is 0.284. The Hall–Kier alpha value is -3.47. The van der Waals surface area contributed by atoms with Gasteiger partial charge in [0.15, 0.2) is 6.29 Å². The zero-order valence-corrected chi connectivity index (χ0v) is 16.2. The highest BCUT2D eigenvalue weighted by molar-refractivity contribution is 5.73. The van der Waals surface area contributed by atoms with Crippen molar-refractivity contribution in [2.45, 2.75) is 25.9 Å². The summed E-state index contributed by atoms with van der Waals surface area (Å²) in [6.07, 6.45) is 4.88. The van der Waals surface area contributed by atoms with Crippen LogP contribution in [0.4, 0.5) is 4.79 Å². The largest absolute Gasteiger partial charge is 0.445 e. The Kier molecular flexibility index (Phi) is 7.52. The Labute approximate surface area is 170 Å². The molecule has 0 unspecified atom stereocenters. The number of nitrogens with zero attached hydrogens (tertiary/aromatic N) is 1. The molecule has 29 heavy (non-hydrogen) atoms. The lowest BCUT2D eigenvalue weighted by atomic mass is 10.0. The number of hydrogen-bond acceptors (Lipinski definition) is 4. The summed E-state index contributed by atoms with van der Waals surface area (Å²) in [5.41, 5.74) is 4.71. The van der Waals surface area contributed by atoms with Gasteiger partial charge in [0.1, 0.15) is 12.3 Å². The first kappa shape index (κ1) is 20.3. The van der Waals surface area contributed by atoms with Crippen molar-refractivity contribution in [2.75, 3.05) is 6.54 Å². The van der Waals surface area contributed by atoms with Crippen LogP contribution in [0.2, 0.25) is 0 Å². The van der Waals surface area contributed by atoms with Crippen molar-refractivity contribution in [3.8, 4) is 11.1 Å². The standard InChI is InChI=1S/C24H24N2O3/c27-17-23-14-13-22(16-26-23)21-11-9-19(10-12-21)6-4-5-15-25-24(28)29-18-20-7-2-1-3-8-20/h1-3,7-14,16-17H,4-6,15,18H2,(H,25,28). The molecule has 0 aliphatic rings. The van der Waals surface area contributed by atoms with Crippen LogP contribution in [-0.4, -0.2) is 23.9 Å². The van der Waals surface area contributed by atoms with Crippen molar-refractivity contribution in [3.05, 3.63) is 89.7 Å². The Morgan fingerprint density at radius 1 is 0.897 bits per heavy atom. The van der Waals surface area contributed by atoms with Crippen LogP contribution >= 0.6 is 0 Å². The Bertz CT molecular complexity index is 907. The fraction of sp³-hybridized carbons (Fsp3) is 0.208. The van der Waals surface area contributed by atoms with E-state index in [2.05, 4.69) is 34.6 Å². The molecular weight excluding hydrogens is 364 g/mol. The molecule has 0 bridgehead atoms. The molecule has 1 aromatic heterocycles. The van der Waals surface area contributed by atoms with E-state index in [1.165, 1.54) is 5.56 Å². The van der Waals surface area contributed by atoms with E-state index in [-0.39, 0.29) is 12.7 Å². The number of carbonyl (C=O) groups excluding carboxylic acids is 2. The van der Waals surface area contributed by atoms with Crippen molar-refractivity contribution in [1.29, 1.82) is 0 Å². The van der Waals surface area contributed by atoms with Crippen LogP contribution in [0.25, 0.3) is 11.1 Å². The lowest BCUT2D eigenvalue weighted by molar-refractivity contribution is 0.111. The van der Waals surface area contributed by atoms with Gasteiger partial charge in [0.25, 0.3) is 0 Å². The summed E-state index contributed by atoms with van der Waals surface area (Å²) in [5, 5.41) is 2.79. The minimum atomic E-state index is -0.382. The predicted octanol–water partition coefficient (Wildman–Crippen LogP) is 4.81. The van der Waals surface area contributed by atoms with Crippen molar-refractivity contribution < 1.29 is 14.3 Å². The van der Waals surface area contributed by atoms with E-state index >= 15 is 0 Å². The quantitative estimate of drug-likeness (QED) is 0.422. The van der Waals surface area contributed by atoms with Gasteiger partial charge in [-0.2, -0.15) is 0 Å². The van der Waals surface area contributed by atoms with Gasteiger partial charge in [-0.1, -0.05) is 60.7 Å². The number of aryl methyl sites for hydroxylation is 1. The first-order valence-corrected chi connectivity index (χ1v) is 9.70. The van der Waals surface area contributed by atoms with Crippen molar-refractivity contribution in [2.24, 2.45) is 0 Å². The van der Waals surface area contributed by atoms with Gasteiger partial charge in [0, 0.05) is 18.3 Å². The van der Waals surface area contributed by atoms with Crippen molar-refractivity contribution in [3.63, 3.8) is 0 Å². The third-order valence-corrected chi connectivity index (χ3v) is 4.57. The van der Waals surface area contributed by atoms with E-state index in [0.29, 0.717) is 12.2 Å². The smallest absolute Gasteiger partial charge is 0.407 e. The maximum atomic E-state index is 11.7. The number of aromatic nitrogens is 1. The van der Waals surface area contributed by atoms with Crippen LogP contribution in [0.1, 0.15) is 34.5 Å². The van der Waals surface area contributed by atoms with Crippen LogP contribution in [0, 0.1) is 0 Å². The molecule has 0 atom stereocenters. The van der Waals surface area contributed by atoms with Crippen LogP contribution < -0.4 is 5.32 Å². The van der Waals surface area contributed by atoms with E-state index in [1.54, 1.807) is 12.3 Å². The number of benzene rings is 2. The zero-order valence-electron chi connectivity index (χ0n) is 16.2. The summed E-state index contributed by atoms with van der Waals surface area (Å²) in [5.74, 6) is 0. The third-order valence-electron chi connectivity index (χ3n) is 4.57. The fourth-order valence-electron chi connectivity index (χ4n) is 2.93. The number of aldehydes is 1. The molecule has 5 heteroatoms. The monoisotopic (exact) mass is 388 g/mol. The second kappa shape index (κ2) is 10.8. The van der Waals surface area contributed by atoms with E-state index in [0.717, 1.165) is 42.2 Å². The summed E-state index contributed by atoms with van der Waals surface area (Å²) < 4.78 is 5.19. The first-order chi connectivity index (χ1) is 14.2. The topological polar surface area (TPSA) is 68.3 Å². The first-order valence-electron chi connectivity index (χ1n) is 9.70. The third kappa shape index (κ3) is 6.57. The number of rotatable bonds is 9. The molecule has 0 fully saturated rings. The van der Waals surface area contributed by atoms with Crippen LogP contribution in [0.15, 0.2) is 72.9 Å². The number of nitrogens with one attached hydrogen (secondary N) is 1. The molecule has 0 saturated heterocycles. The molecule has 0 saturated carbocycles. The molecular formula is C24H24N2O3. The maximum Gasteiger partial charge on any atom is 0.407 e. The summed E-state index contributed by atoms with van der Waals surface area (Å²) in [6, 6.07) is 21.6. The highest BCUT2D eigenvalue weighted by Crippen LogP contribution is 2.19. The molecule has 1 N–H and O–H groups in total. The Balaban J connectivity index is 1.34. The molecule has 3 aromatic rings. The van der Waals surface area contributed by atoms with Crippen LogP contribution in [0.3, 0.4) is 0 Å². The van der Waals surface area contributed by atoms with Crippen LogP contribution in [-0.2, 0) is 17.8 Å². The van der Waals surface area contributed by atoms with E-state index in [9.17, 15) is 9.59 Å². The molecule has 148 valence electrons. The summed E-state index contributed by atoms with van der Waals surface area (Å²) in [4.78, 5) is 26.5. The number of pyridine rings is 1. The normalized spacial score (nSPS) is 10.3. The number of alkyl carbamates (subject to hydrolysis) is 1. The molecule has 1 heterocycles. The van der Waals surface area contributed by atoms with Gasteiger partial charge in [0.05, 0.1) is 0 Å². The molecule has 0 aliphatic heterocycles. The SMILES string of the molecule is O=Cc1ccc(-c2ccc(CCCCNC(=O)OCc3ccccc3)cc2)cn1. The lowest BCUT2D eigenvalue weighted by Crippen LogP contribution is -2.25. The van der Waals surface area contributed by atoms with Gasteiger partial charge >= 0.3 is 6.09 Å². The van der Waals surface area contributed by atoms with Gasteiger partial charge in [0.2, 0.25) is 0 Å². The molecule has 0 radical (unpaired) electrons. The molecule has 2 aromatic carbocycles. The van der Waals surface area contributed by atoms with Gasteiger partial charge < -0.3 is 10.1 Å².